The Kier molecular flexibility index (Phi) is 6.32. The molecule has 1 saturated heterocycles. The van der Waals surface area contributed by atoms with Crippen molar-refractivity contribution in [1.29, 1.82) is 0 Å². The van der Waals surface area contributed by atoms with Crippen molar-refractivity contribution in [1.82, 2.24) is 4.57 Å². The lowest BCUT2D eigenvalue weighted by Gasteiger charge is -2.18. The van der Waals surface area contributed by atoms with Crippen LogP contribution in [-0.2, 0) is 5.66 Å². The topological polar surface area (TPSA) is 20.0 Å². The SMILES string of the molecule is c1ccc(-c2cccc(-c3ccc(C4N5c6ccccc6N[C@@]45c4cccc(-n5c6ccc7ccccc7c6c6c7ccccc7ccc65)c4)cc3)c2)cc1. The fraction of sp³-hybridized carbons (Fsp3) is 0.0385. The van der Waals surface area contributed by atoms with E-state index in [4.69, 9.17) is 0 Å². The van der Waals surface area contributed by atoms with Crippen molar-refractivity contribution in [2.24, 2.45) is 0 Å². The molecular weight excluding hydrogens is 667 g/mol. The van der Waals surface area contributed by atoms with E-state index in [2.05, 4.69) is 215 Å². The molecule has 2 atom stereocenters. The van der Waals surface area contributed by atoms with E-state index in [1.54, 1.807) is 0 Å². The Hall–Kier alpha value is -7.10. The molecule has 0 amide bonds. The molecule has 0 radical (unpaired) electrons. The molecule has 9 aromatic carbocycles. The zero-order chi connectivity index (χ0) is 36.1. The summed E-state index contributed by atoms with van der Waals surface area (Å²) in [5.41, 5.74) is 13.1. The van der Waals surface area contributed by atoms with Crippen molar-refractivity contribution in [3.63, 3.8) is 0 Å². The molecule has 1 unspecified atom stereocenters. The zero-order valence-corrected chi connectivity index (χ0v) is 30.0. The largest absolute Gasteiger partial charge is 0.355 e. The number of benzene rings is 9. The summed E-state index contributed by atoms with van der Waals surface area (Å²) in [7, 11) is 0. The molecule has 258 valence electrons. The van der Waals surface area contributed by atoms with Crippen LogP contribution in [0.4, 0.5) is 11.4 Å². The van der Waals surface area contributed by atoms with Crippen LogP contribution in [0.15, 0.2) is 200 Å². The van der Waals surface area contributed by atoms with Crippen molar-refractivity contribution in [3.05, 3.63) is 211 Å². The smallest absolute Gasteiger partial charge is 0.163 e. The third-order valence-electron chi connectivity index (χ3n) is 12.1. The lowest BCUT2D eigenvalue weighted by atomic mass is 9.95. The van der Waals surface area contributed by atoms with Gasteiger partial charge in [-0.25, -0.2) is 0 Å². The molecule has 2 aliphatic heterocycles. The lowest BCUT2D eigenvalue weighted by molar-refractivity contribution is 0.779. The first-order valence-electron chi connectivity index (χ1n) is 19.1. The van der Waals surface area contributed by atoms with E-state index in [-0.39, 0.29) is 6.04 Å². The number of nitrogens with zero attached hydrogens (tertiary/aromatic N) is 2. The van der Waals surface area contributed by atoms with E-state index >= 15 is 0 Å². The molecule has 3 heterocycles. The van der Waals surface area contributed by atoms with Gasteiger partial charge in [0.25, 0.3) is 0 Å². The van der Waals surface area contributed by atoms with E-state index in [1.165, 1.54) is 88.1 Å². The Balaban J connectivity index is 0.995. The summed E-state index contributed by atoms with van der Waals surface area (Å²) in [6, 6.07) is 73.6. The number of rotatable bonds is 5. The normalized spacial score (nSPS) is 17.1. The standard InChI is InChI=1S/C52H35N3/c1-2-12-34(13-3-1)39-16-10-17-40(32-39)35-24-26-38(27-25-35)51-52(53-45-22-8-9-23-46(45)55(51)52)41-18-11-19-42(33-41)54-47-30-28-36-14-4-6-20-43(36)49(47)50-44-21-7-5-15-37(44)29-31-48(50)54/h1-33,51,53H/t51?,52-,55?/m1/s1. The van der Waals surface area contributed by atoms with Crippen LogP contribution >= 0.6 is 0 Å². The van der Waals surface area contributed by atoms with Gasteiger partial charge in [-0.3, -0.25) is 0 Å². The average Bonchev–Trinajstić information content (AvgIpc) is 3.60. The number of aromatic nitrogens is 1. The summed E-state index contributed by atoms with van der Waals surface area (Å²) in [4.78, 5) is 2.57. The fourth-order valence-corrected chi connectivity index (χ4v) is 9.58. The van der Waals surface area contributed by atoms with Crippen LogP contribution in [0, 0.1) is 0 Å². The zero-order valence-electron chi connectivity index (χ0n) is 30.0. The highest BCUT2D eigenvalue weighted by molar-refractivity contribution is 6.28. The number of fused-ring (bicyclic) bond motifs is 10. The van der Waals surface area contributed by atoms with Gasteiger partial charge in [0, 0.05) is 22.0 Å². The predicted octanol–water partition coefficient (Wildman–Crippen LogP) is 13.3. The van der Waals surface area contributed by atoms with Gasteiger partial charge >= 0.3 is 0 Å². The highest BCUT2D eigenvalue weighted by Gasteiger charge is 2.68. The number of para-hydroxylation sites is 2. The molecule has 1 N–H and O–H groups in total. The minimum atomic E-state index is -0.396. The van der Waals surface area contributed by atoms with Crippen LogP contribution < -0.4 is 10.2 Å². The Morgan fingerprint density at radius 2 is 1.02 bits per heavy atom. The quantitative estimate of drug-likeness (QED) is 0.180. The van der Waals surface area contributed by atoms with Crippen molar-refractivity contribution >= 4 is 54.7 Å². The van der Waals surface area contributed by atoms with Crippen molar-refractivity contribution in [2.75, 3.05) is 10.2 Å². The number of anilines is 2. The van der Waals surface area contributed by atoms with Crippen LogP contribution in [0.5, 0.6) is 0 Å². The van der Waals surface area contributed by atoms with Crippen molar-refractivity contribution in [3.8, 4) is 27.9 Å². The third-order valence-corrected chi connectivity index (χ3v) is 12.1. The Morgan fingerprint density at radius 1 is 0.436 bits per heavy atom. The van der Waals surface area contributed by atoms with Crippen LogP contribution in [0.2, 0.25) is 0 Å². The van der Waals surface area contributed by atoms with E-state index in [0.29, 0.717) is 0 Å². The van der Waals surface area contributed by atoms with Gasteiger partial charge in [-0.15, -0.1) is 0 Å². The molecule has 0 bridgehead atoms. The summed E-state index contributed by atoms with van der Waals surface area (Å²) < 4.78 is 2.48. The Labute approximate surface area is 319 Å². The molecule has 1 aromatic heterocycles. The fourth-order valence-electron chi connectivity index (χ4n) is 9.58. The summed E-state index contributed by atoms with van der Waals surface area (Å²) in [5, 5.41) is 11.7. The maximum atomic E-state index is 4.03. The first-order valence-corrected chi connectivity index (χ1v) is 19.1. The van der Waals surface area contributed by atoms with Gasteiger partial charge in [-0.05, 0) is 91.8 Å². The average molecular weight is 702 g/mol. The van der Waals surface area contributed by atoms with Gasteiger partial charge in [0.2, 0.25) is 0 Å². The summed E-state index contributed by atoms with van der Waals surface area (Å²) >= 11 is 0. The maximum Gasteiger partial charge on any atom is 0.163 e. The minimum absolute atomic E-state index is 0.147. The Bertz CT molecular complexity index is 3050. The molecule has 0 aliphatic carbocycles. The highest BCUT2D eigenvalue weighted by Crippen LogP contribution is 2.67. The predicted molar refractivity (Wildman–Crippen MR) is 230 cm³/mol. The second-order valence-corrected chi connectivity index (χ2v) is 15.0. The molecule has 55 heavy (non-hydrogen) atoms. The monoisotopic (exact) mass is 701 g/mol. The molecule has 0 saturated carbocycles. The van der Waals surface area contributed by atoms with Crippen LogP contribution in [-0.4, -0.2) is 4.57 Å². The number of nitrogens with one attached hydrogen (secondary N) is 1. The van der Waals surface area contributed by atoms with Gasteiger partial charge in [0.15, 0.2) is 5.66 Å². The molecule has 1 fully saturated rings. The van der Waals surface area contributed by atoms with Gasteiger partial charge < -0.3 is 14.8 Å². The van der Waals surface area contributed by atoms with E-state index in [0.717, 1.165) is 5.69 Å². The maximum absolute atomic E-state index is 4.03. The van der Waals surface area contributed by atoms with Gasteiger partial charge in [-0.1, -0.05) is 158 Å². The number of hydrogen-bond acceptors (Lipinski definition) is 2. The summed E-state index contributed by atoms with van der Waals surface area (Å²) in [5.74, 6) is 0. The molecule has 0 spiro atoms. The van der Waals surface area contributed by atoms with Crippen molar-refractivity contribution in [2.45, 2.75) is 11.7 Å². The highest BCUT2D eigenvalue weighted by atomic mass is 15.6. The van der Waals surface area contributed by atoms with Crippen LogP contribution in [0.3, 0.4) is 0 Å². The van der Waals surface area contributed by atoms with Gasteiger partial charge in [-0.2, -0.15) is 0 Å². The van der Waals surface area contributed by atoms with Gasteiger partial charge in [0.05, 0.1) is 22.4 Å². The van der Waals surface area contributed by atoms with E-state index in [9.17, 15) is 0 Å². The van der Waals surface area contributed by atoms with Crippen LogP contribution in [0.25, 0.3) is 71.3 Å². The first kappa shape index (κ1) is 30.4. The van der Waals surface area contributed by atoms with E-state index < -0.39 is 5.66 Å². The Morgan fingerprint density at radius 3 is 1.73 bits per heavy atom. The molecule has 3 nitrogen and oxygen atoms in total. The molecule has 10 aromatic rings. The number of hydrogen-bond donors (Lipinski definition) is 1. The van der Waals surface area contributed by atoms with Gasteiger partial charge in [0.1, 0.15) is 6.04 Å². The van der Waals surface area contributed by atoms with E-state index in [1.807, 2.05) is 0 Å². The second-order valence-electron chi connectivity index (χ2n) is 15.0. The summed E-state index contributed by atoms with van der Waals surface area (Å²) in [6.07, 6.45) is 0. The summed E-state index contributed by atoms with van der Waals surface area (Å²) in [6.45, 7) is 0. The molecular formula is C52H35N3. The second kappa shape index (κ2) is 11.4. The first-order chi connectivity index (χ1) is 27.3. The minimum Gasteiger partial charge on any atom is -0.355 e. The lowest BCUT2D eigenvalue weighted by Crippen LogP contribution is -2.22. The molecule has 3 heteroatoms. The van der Waals surface area contributed by atoms with Crippen molar-refractivity contribution < 1.29 is 0 Å². The molecule has 12 rings (SSSR count). The third kappa shape index (κ3) is 4.38. The van der Waals surface area contributed by atoms with Crippen LogP contribution in [0.1, 0.15) is 17.2 Å². The molecule has 2 aliphatic rings.